The van der Waals surface area contributed by atoms with Gasteiger partial charge in [0.2, 0.25) is 0 Å². The zero-order valence-corrected chi connectivity index (χ0v) is 25.3. The van der Waals surface area contributed by atoms with Gasteiger partial charge in [-0.3, -0.25) is 19.5 Å². The van der Waals surface area contributed by atoms with E-state index in [1.54, 1.807) is 62.4 Å². The number of non-ortho nitro benzene ring substituents is 1. The molecule has 4 aromatic rings. The number of benzene rings is 3. The van der Waals surface area contributed by atoms with E-state index in [4.69, 9.17) is 18.9 Å². The molecule has 0 fully saturated rings. The molecule has 0 saturated heterocycles. The number of aromatic nitrogens is 1. The molecule has 12 heteroatoms. The molecule has 2 heterocycles. The number of esters is 1. The summed E-state index contributed by atoms with van der Waals surface area (Å²) in [6.07, 6.45) is 1.76. The van der Waals surface area contributed by atoms with Crippen LogP contribution in [0.1, 0.15) is 36.6 Å². The smallest absolute Gasteiger partial charge is 0.338 e. The Morgan fingerprint density at radius 2 is 1.75 bits per heavy atom. The Kier molecular flexibility index (Phi) is 8.91. The molecule has 5 rings (SSSR count). The van der Waals surface area contributed by atoms with E-state index >= 15 is 0 Å². The number of hydrogen-bond acceptors (Lipinski definition) is 10. The van der Waals surface area contributed by atoms with E-state index < -0.39 is 16.9 Å². The molecular formula is C32H29N3O8S. The van der Waals surface area contributed by atoms with Gasteiger partial charge in [-0.1, -0.05) is 29.5 Å². The summed E-state index contributed by atoms with van der Waals surface area (Å²) in [5, 5.41) is 10.9. The highest BCUT2D eigenvalue weighted by molar-refractivity contribution is 7.07. The van der Waals surface area contributed by atoms with Crippen molar-refractivity contribution < 1.29 is 28.7 Å². The van der Waals surface area contributed by atoms with Crippen molar-refractivity contribution in [1.29, 1.82) is 0 Å². The fourth-order valence-electron chi connectivity index (χ4n) is 4.82. The van der Waals surface area contributed by atoms with Crippen molar-refractivity contribution in [3.05, 3.63) is 124 Å². The number of methoxy groups -OCH3 is 2. The van der Waals surface area contributed by atoms with Crippen LogP contribution < -0.4 is 29.1 Å². The predicted octanol–water partition coefficient (Wildman–Crippen LogP) is 4.30. The van der Waals surface area contributed by atoms with Gasteiger partial charge in [0.1, 0.15) is 12.4 Å². The summed E-state index contributed by atoms with van der Waals surface area (Å²) < 4.78 is 24.0. The fourth-order valence-corrected chi connectivity index (χ4v) is 5.87. The zero-order valence-electron chi connectivity index (χ0n) is 24.4. The molecule has 1 atom stereocenters. The number of nitro benzene ring substituents is 1. The average Bonchev–Trinajstić information content (AvgIpc) is 3.33. The molecule has 0 bridgehead atoms. The van der Waals surface area contributed by atoms with Crippen molar-refractivity contribution >= 4 is 29.1 Å². The lowest BCUT2D eigenvalue weighted by Gasteiger charge is -2.25. The third-order valence-electron chi connectivity index (χ3n) is 6.97. The number of nitrogens with zero attached hydrogens (tertiary/aromatic N) is 3. The van der Waals surface area contributed by atoms with Crippen LogP contribution in [0.25, 0.3) is 6.08 Å². The maximum Gasteiger partial charge on any atom is 0.338 e. The van der Waals surface area contributed by atoms with Crippen molar-refractivity contribution in [2.24, 2.45) is 4.99 Å². The van der Waals surface area contributed by atoms with Crippen LogP contribution in [0, 0.1) is 10.1 Å². The monoisotopic (exact) mass is 615 g/mol. The summed E-state index contributed by atoms with van der Waals surface area (Å²) in [4.78, 5) is 42.5. The van der Waals surface area contributed by atoms with Crippen LogP contribution in [0.4, 0.5) is 5.69 Å². The lowest BCUT2D eigenvalue weighted by atomic mass is 9.95. The lowest BCUT2D eigenvalue weighted by Crippen LogP contribution is -2.39. The maximum atomic E-state index is 13.9. The molecular weight excluding hydrogens is 586 g/mol. The minimum atomic E-state index is -0.789. The Balaban J connectivity index is 1.48. The van der Waals surface area contributed by atoms with Gasteiger partial charge in [0.25, 0.3) is 11.2 Å². The number of thiazole rings is 1. The molecule has 1 aliphatic heterocycles. The minimum absolute atomic E-state index is 0.0192. The molecule has 1 unspecified atom stereocenters. The van der Waals surface area contributed by atoms with E-state index in [9.17, 15) is 19.7 Å². The second-order valence-electron chi connectivity index (χ2n) is 9.70. The third kappa shape index (κ3) is 6.11. The molecule has 226 valence electrons. The van der Waals surface area contributed by atoms with Crippen LogP contribution in [-0.2, 0) is 16.1 Å². The predicted molar refractivity (Wildman–Crippen MR) is 164 cm³/mol. The van der Waals surface area contributed by atoms with Crippen molar-refractivity contribution in [2.75, 3.05) is 20.8 Å². The highest BCUT2D eigenvalue weighted by atomic mass is 32.1. The van der Waals surface area contributed by atoms with Crippen molar-refractivity contribution in [3.8, 4) is 17.2 Å². The number of rotatable bonds is 10. The summed E-state index contributed by atoms with van der Waals surface area (Å²) in [5.74, 6) is 1.03. The normalized spacial score (nSPS) is 14.5. The Bertz CT molecular complexity index is 1930. The van der Waals surface area contributed by atoms with E-state index in [1.807, 2.05) is 12.1 Å². The number of fused-ring (bicyclic) bond motifs is 1. The summed E-state index contributed by atoms with van der Waals surface area (Å²) >= 11 is 1.23. The van der Waals surface area contributed by atoms with E-state index in [0.29, 0.717) is 37.8 Å². The first-order valence-corrected chi connectivity index (χ1v) is 14.4. The van der Waals surface area contributed by atoms with Gasteiger partial charge < -0.3 is 18.9 Å². The molecule has 0 saturated carbocycles. The van der Waals surface area contributed by atoms with E-state index in [2.05, 4.69) is 4.99 Å². The topological polar surface area (TPSA) is 131 Å². The summed E-state index contributed by atoms with van der Waals surface area (Å²) in [5.41, 5.74) is 2.65. The van der Waals surface area contributed by atoms with Crippen LogP contribution in [0.2, 0.25) is 0 Å². The van der Waals surface area contributed by atoms with Crippen molar-refractivity contribution in [2.45, 2.75) is 26.5 Å². The van der Waals surface area contributed by atoms with Crippen molar-refractivity contribution in [1.82, 2.24) is 4.57 Å². The molecule has 0 amide bonds. The number of carbonyl (C=O) groups excluding carboxylic acids is 1. The molecule has 3 aromatic carbocycles. The third-order valence-corrected chi connectivity index (χ3v) is 7.95. The average molecular weight is 616 g/mol. The van der Waals surface area contributed by atoms with E-state index in [1.165, 1.54) is 42.3 Å². The van der Waals surface area contributed by atoms with Crippen molar-refractivity contribution in [3.63, 3.8) is 0 Å². The molecule has 0 N–H and O–H groups in total. The molecule has 44 heavy (non-hydrogen) atoms. The van der Waals surface area contributed by atoms with Crippen LogP contribution in [0.15, 0.2) is 87.8 Å². The molecule has 0 radical (unpaired) electrons. The van der Waals surface area contributed by atoms with Crippen LogP contribution in [0.3, 0.4) is 0 Å². The Morgan fingerprint density at radius 1 is 1.05 bits per heavy atom. The van der Waals surface area contributed by atoms with Crippen LogP contribution >= 0.6 is 11.3 Å². The van der Waals surface area contributed by atoms with Gasteiger partial charge in [0, 0.05) is 12.1 Å². The fraction of sp³-hybridized carbons (Fsp3) is 0.219. The van der Waals surface area contributed by atoms with Gasteiger partial charge in [0.15, 0.2) is 16.3 Å². The largest absolute Gasteiger partial charge is 0.493 e. The Labute approximate surface area is 256 Å². The summed E-state index contributed by atoms with van der Waals surface area (Å²) in [6, 6.07) is 17.9. The quantitative estimate of drug-likeness (QED) is 0.147. The number of allylic oxidation sites excluding steroid dienone is 1. The number of ether oxygens (including phenoxy) is 4. The highest BCUT2D eigenvalue weighted by Gasteiger charge is 2.34. The van der Waals surface area contributed by atoms with E-state index in [-0.39, 0.29) is 30.0 Å². The van der Waals surface area contributed by atoms with Gasteiger partial charge in [0.05, 0.1) is 47.6 Å². The summed E-state index contributed by atoms with van der Waals surface area (Å²) in [6.45, 7) is 3.87. The first kappa shape index (κ1) is 30.2. The molecule has 0 spiro atoms. The van der Waals surface area contributed by atoms with Gasteiger partial charge in [-0.15, -0.1) is 0 Å². The Morgan fingerprint density at radius 3 is 2.39 bits per heavy atom. The number of carbonyl (C=O) groups is 1. The molecule has 11 nitrogen and oxygen atoms in total. The lowest BCUT2D eigenvalue weighted by molar-refractivity contribution is -0.384. The van der Waals surface area contributed by atoms with Gasteiger partial charge in [-0.2, -0.15) is 0 Å². The Hall–Kier alpha value is -5.23. The highest BCUT2D eigenvalue weighted by Crippen LogP contribution is 2.36. The molecule has 1 aromatic heterocycles. The minimum Gasteiger partial charge on any atom is -0.493 e. The second kappa shape index (κ2) is 13.0. The first-order valence-electron chi connectivity index (χ1n) is 13.6. The standard InChI is InChI=1S/C32H29N3O8S/c1-5-42-31(37)28-19(2)33-32-34(29(28)22-10-15-25(40-3)26(17-22)41-4)30(36)27(44-32)16-20-8-13-24(14-9-20)43-18-21-6-11-23(12-7-21)35(38)39/h6-17,29H,5,18H2,1-4H3/b27-16-. The van der Waals surface area contributed by atoms with Gasteiger partial charge in [-0.25, -0.2) is 9.79 Å². The van der Waals surface area contributed by atoms with Crippen LogP contribution in [0.5, 0.6) is 17.2 Å². The van der Waals surface area contributed by atoms with Gasteiger partial charge >= 0.3 is 5.97 Å². The summed E-state index contributed by atoms with van der Waals surface area (Å²) in [7, 11) is 3.05. The SMILES string of the molecule is CCOC(=O)C1=C(C)N=c2s/c(=C\c3ccc(OCc4ccc([N+](=O)[O-])cc4)cc3)c(=O)n2C1c1ccc(OC)c(OC)c1. The first-order chi connectivity index (χ1) is 21.2. The van der Waals surface area contributed by atoms with Gasteiger partial charge in [-0.05, 0) is 73.0 Å². The molecule has 1 aliphatic rings. The molecule has 0 aliphatic carbocycles. The van der Waals surface area contributed by atoms with E-state index in [0.717, 1.165) is 11.1 Å². The second-order valence-corrected chi connectivity index (χ2v) is 10.7. The van der Waals surface area contributed by atoms with Crippen LogP contribution in [-0.4, -0.2) is 36.3 Å². The number of nitro groups is 1. The zero-order chi connectivity index (χ0) is 31.4. The maximum absolute atomic E-state index is 13.9. The number of hydrogen-bond donors (Lipinski definition) is 0.